The van der Waals surface area contributed by atoms with Gasteiger partial charge in [-0.05, 0) is 36.4 Å². The van der Waals surface area contributed by atoms with Crippen molar-refractivity contribution in [1.29, 1.82) is 0 Å². The number of rotatable bonds is 3. The average molecular weight is 421 g/mol. The Hall–Kier alpha value is -3.35. The van der Waals surface area contributed by atoms with Crippen molar-refractivity contribution in [3.8, 4) is 5.75 Å². The third-order valence-electron chi connectivity index (χ3n) is 5.45. The van der Waals surface area contributed by atoms with Crippen LogP contribution in [0.2, 0.25) is 5.02 Å². The van der Waals surface area contributed by atoms with Crippen molar-refractivity contribution in [2.24, 2.45) is 5.92 Å². The Morgan fingerprint density at radius 3 is 2.27 bits per heavy atom. The van der Waals surface area contributed by atoms with E-state index in [2.05, 4.69) is 0 Å². The minimum Gasteiger partial charge on any atom is -0.508 e. The molecule has 30 heavy (non-hydrogen) atoms. The van der Waals surface area contributed by atoms with Gasteiger partial charge in [0.1, 0.15) is 11.7 Å². The van der Waals surface area contributed by atoms with Gasteiger partial charge in [-0.3, -0.25) is 14.4 Å². The molecule has 2 amide bonds. The van der Waals surface area contributed by atoms with E-state index >= 15 is 0 Å². The highest BCUT2D eigenvalue weighted by atomic mass is 35.5. The molecule has 0 bridgehead atoms. The molecular weight excluding hydrogens is 404 g/mol. The maximum atomic E-state index is 13.5. The van der Waals surface area contributed by atoms with Gasteiger partial charge in [0.15, 0.2) is 6.10 Å². The first-order chi connectivity index (χ1) is 14.6. The number of amides is 2. The van der Waals surface area contributed by atoms with Crippen molar-refractivity contribution in [2.45, 2.75) is 12.1 Å². The average Bonchev–Trinajstić information content (AvgIpc) is 3.25. The Morgan fingerprint density at radius 1 is 0.833 bits per heavy atom. The molecule has 3 aromatic rings. The van der Waals surface area contributed by atoms with E-state index in [1.165, 1.54) is 0 Å². The molecule has 3 atom stereocenters. The van der Waals surface area contributed by atoms with Gasteiger partial charge in [0.25, 0.3) is 5.91 Å². The maximum Gasteiger partial charge on any atom is 0.266 e. The van der Waals surface area contributed by atoms with Gasteiger partial charge in [0.05, 0.1) is 17.4 Å². The molecule has 0 unspecified atom stereocenters. The molecule has 0 spiro atoms. The van der Waals surface area contributed by atoms with E-state index in [0.717, 1.165) is 4.90 Å². The van der Waals surface area contributed by atoms with Crippen molar-refractivity contribution in [3.05, 3.63) is 89.4 Å². The lowest BCUT2D eigenvalue weighted by Gasteiger charge is -2.29. The molecule has 2 saturated heterocycles. The lowest BCUT2D eigenvalue weighted by Crippen LogP contribution is -2.37. The fourth-order valence-electron chi connectivity index (χ4n) is 4.14. The van der Waals surface area contributed by atoms with E-state index < -0.39 is 24.0 Å². The van der Waals surface area contributed by atoms with Crippen LogP contribution >= 0.6 is 11.6 Å². The summed E-state index contributed by atoms with van der Waals surface area (Å²) in [5, 5.41) is 12.5. The van der Waals surface area contributed by atoms with Crippen LogP contribution < -0.4 is 9.96 Å². The highest BCUT2D eigenvalue weighted by Gasteiger charge is 2.60. The van der Waals surface area contributed by atoms with Crippen molar-refractivity contribution < 1.29 is 19.5 Å². The number of para-hydroxylation sites is 2. The van der Waals surface area contributed by atoms with E-state index in [0.29, 0.717) is 22.0 Å². The quantitative estimate of drug-likeness (QED) is 0.646. The smallest absolute Gasteiger partial charge is 0.266 e. The highest BCUT2D eigenvalue weighted by Crippen LogP contribution is 2.49. The fraction of sp³-hybridized carbons (Fsp3) is 0.130. The van der Waals surface area contributed by atoms with E-state index in [9.17, 15) is 14.7 Å². The molecule has 2 aliphatic heterocycles. The van der Waals surface area contributed by atoms with Gasteiger partial charge in [-0.15, -0.1) is 0 Å². The molecule has 7 heteroatoms. The Kier molecular flexibility index (Phi) is 4.46. The SMILES string of the molecule is O=C1[C@@H]2[C@H](ON(c3ccccc3)[C@H]2c2ccccc2O)C(=O)N1c1cccc(Cl)c1. The summed E-state index contributed by atoms with van der Waals surface area (Å²) in [7, 11) is 0. The molecule has 2 aliphatic rings. The van der Waals surface area contributed by atoms with Crippen LogP contribution in [0.1, 0.15) is 11.6 Å². The number of anilines is 2. The summed E-state index contributed by atoms with van der Waals surface area (Å²) in [6.45, 7) is 0. The second-order valence-electron chi connectivity index (χ2n) is 7.21. The molecule has 3 aromatic carbocycles. The molecule has 0 saturated carbocycles. The predicted octanol–water partition coefficient (Wildman–Crippen LogP) is 4.10. The summed E-state index contributed by atoms with van der Waals surface area (Å²) in [6.07, 6.45) is -0.999. The lowest BCUT2D eigenvalue weighted by molar-refractivity contribution is -0.126. The number of phenolic OH excluding ortho intramolecular Hbond substituents is 1. The number of fused-ring (bicyclic) bond motifs is 1. The van der Waals surface area contributed by atoms with Gasteiger partial charge in [0.2, 0.25) is 5.91 Å². The standard InChI is InChI=1S/C23H17ClN2O4/c24-14-7-6-10-16(13-14)25-22(28)19-20(17-11-4-5-12-18(17)27)26(30-21(19)23(25)29)15-8-2-1-3-9-15/h1-13,19-21,27H/t19-,20-,21-/m0/s1. The summed E-state index contributed by atoms with van der Waals surface area (Å²) in [4.78, 5) is 33.8. The number of hydrogen-bond acceptors (Lipinski definition) is 5. The zero-order chi connectivity index (χ0) is 20.8. The number of nitrogens with zero attached hydrogens (tertiary/aromatic N) is 2. The lowest BCUT2D eigenvalue weighted by atomic mass is 9.90. The van der Waals surface area contributed by atoms with Gasteiger partial charge in [-0.1, -0.05) is 54.1 Å². The topological polar surface area (TPSA) is 70.1 Å². The number of halogens is 1. The van der Waals surface area contributed by atoms with Crippen LogP contribution in [0.25, 0.3) is 0 Å². The van der Waals surface area contributed by atoms with Crippen LogP contribution in [0.15, 0.2) is 78.9 Å². The first kappa shape index (κ1) is 18.7. The number of hydrogen-bond donors (Lipinski definition) is 1. The van der Waals surface area contributed by atoms with E-state index in [4.69, 9.17) is 16.4 Å². The van der Waals surface area contributed by atoms with Crippen LogP contribution in [0.4, 0.5) is 11.4 Å². The highest BCUT2D eigenvalue weighted by molar-refractivity contribution is 6.31. The zero-order valence-electron chi connectivity index (χ0n) is 15.7. The summed E-state index contributed by atoms with van der Waals surface area (Å²) in [6, 6.07) is 21.9. The second-order valence-corrected chi connectivity index (χ2v) is 7.64. The molecule has 150 valence electrons. The van der Waals surface area contributed by atoms with Crippen molar-refractivity contribution in [3.63, 3.8) is 0 Å². The van der Waals surface area contributed by atoms with Crippen LogP contribution in [-0.4, -0.2) is 23.0 Å². The monoisotopic (exact) mass is 420 g/mol. The molecule has 2 heterocycles. The van der Waals surface area contributed by atoms with Gasteiger partial charge < -0.3 is 5.11 Å². The van der Waals surface area contributed by atoms with E-state index in [1.807, 2.05) is 30.3 Å². The Labute approximate surface area is 177 Å². The van der Waals surface area contributed by atoms with Crippen molar-refractivity contribution >= 4 is 34.8 Å². The molecular formula is C23H17ClN2O4. The number of phenols is 1. The minimum absolute atomic E-state index is 0.0362. The Bertz CT molecular complexity index is 1140. The van der Waals surface area contributed by atoms with Crippen LogP contribution in [-0.2, 0) is 14.4 Å². The van der Waals surface area contributed by atoms with Crippen LogP contribution in [0.5, 0.6) is 5.75 Å². The molecule has 6 nitrogen and oxygen atoms in total. The predicted molar refractivity (Wildman–Crippen MR) is 112 cm³/mol. The van der Waals surface area contributed by atoms with E-state index in [1.54, 1.807) is 53.6 Å². The van der Waals surface area contributed by atoms with Crippen molar-refractivity contribution in [1.82, 2.24) is 0 Å². The molecule has 0 radical (unpaired) electrons. The third kappa shape index (κ3) is 2.84. The summed E-state index contributed by atoms with van der Waals surface area (Å²) in [5.41, 5.74) is 1.61. The second kappa shape index (κ2) is 7.16. The van der Waals surface area contributed by atoms with Gasteiger partial charge in [0, 0.05) is 10.6 Å². The van der Waals surface area contributed by atoms with Gasteiger partial charge in [-0.2, -0.15) is 0 Å². The number of aromatic hydroxyl groups is 1. The molecule has 1 N–H and O–H groups in total. The molecule has 5 rings (SSSR count). The van der Waals surface area contributed by atoms with Gasteiger partial charge >= 0.3 is 0 Å². The largest absolute Gasteiger partial charge is 0.508 e. The summed E-state index contributed by atoms with van der Waals surface area (Å²) in [5.74, 6) is -1.62. The number of carbonyl (C=O) groups is 2. The number of carbonyl (C=O) groups excluding carboxylic acids is 2. The maximum absolute atomic E-state index is 13.5. The fourth-order valence-corrected chi connectivity index (χ4v) is 4.32. The zero-order valence-corrected chi connectivity index (χ0v) is 16.4. The van der Waals surface area contributed by atoms with Crippen molar-refractivity contribution in [2.75, 3.05) is 9.96 Å². The third-order valence-corrected chi connectivity index (χ3v) is 5.68. The number of hydroxylamine groups is 1. The first-order valence-corrected chi connectivity index (χ1v) is 9.86. The van der Waals surface area contributed by atoms with Crippen LogP contribution in [0, 0.1) is 5.92 Å². The minimum atomic E-state index is -0.999. The number of imide groups is 1. The summed E-state index contributed by atoms with van der Waals surface area (Å²) >= 11 is 6.07. The summed E-state index contributed by atoms with van der Waals surface area (Å²) < 4.78 is 0. The van der Waals surface area contributed by atoms with Gasteiger partial charge in [-0.25, -0.2) is 9.96 Å². The molecule has 2 fully saturated rings. The first-order valence-electron chi connectivity index (χ1n) is 9.48. The van der Waals surface area contributed by atoms with E-state index in [-0.39, 0.29) is 11.7 Å². The normalized spacial score (nSPS) is 23.2. The molecule has 0 aromatic heterocycles. The van der Waals surface area contributed by atoms with Crippen LogP contribution in [0.3, 0.4) is 0 Å². The Morgan fingerprint density at radius 2 is 1.53 bits per heavy atom. The number of benzene rings is 3. The Balaban J connectivity index is 1.61. The molecule has 0 aliphatic carbocycles.